The van der Waals surface area contributed by atoms with Crippen molar-refractivity contribution >= 4 is 0 Å². The van der Waals surface area contributed by atoms with Crippen molar-refractivity contribution in [1.29, 1.82) is 0 Å². The molecule has 1 aromatic carbocycles. The molecule has 0 aromatic heterocycles. The van der Waals surface area contributed by atoms with Gasteiger partial charge < -0.3 is 10.1 Å². The SMILES string of the molecule is CCNCC(C)CC1Cc2ccccc2O1. The Morgan fingerprint density at radius 2 is 2.25 bits per heavy atom. The van der Waals surface area contributed by atoms with E-state index in [1.165, 1.54) is 5.56 Å². The summed E-state index contributed by atoms with van der Waals surface area (Å²) in [5, 5.41) is 3.39. The van der Waals surface area contributed by atoms with Gasteiger partial charge in [0.25, 0.3) is 0 Å². The maximum absolute atomic E-state index is 5.93. The molecule has 1 aliphatic heterocycles. The molecule has 0 spiro atoms. The third-order valence-electron chi connectivity index (χ3n) is 3.12. The lowest BCUT2D eigenvalue weighted by Crippen LogP contribution is -2.25. The van der Waals surface area contributed by atoms with Crippen molar-refractivity contribution in [1.82, 2.24) is 5.32 Å². The quantitative estimate of drug-likeness (QED) is 0.822. The van der Waals surface area contributed by atoms with Crippen LogP contribution in [0.15, 0.2) is 24.3 Å². The number of ether oxygens (including phenoxy) is 1. The first-order valence-electron chi connectivity index (χ1n) is 6.25. The normalized spacial score (nSPS) is 20.2. The molecule has 0 aliphatic carbocycles. The van der Waals surface area contributed by atoms with Crippen LogP contribution in [0.3, 0.4) is 0 Å². The van der Waals surface area contributed by atoms with Gasteiger partial charge in [-0.05, 0) is 37.1 Å². The van der Waals surface area contributed by atoms with Gasteiger partial charge in [0.05, 0.1) is 0 Å². The Bertz CT molecular complexity index is 312. The zero-order valence-electron chi connectivity index (χ0n) is 10.2. The van der Waals surface area contributed by atoms with Gasteiger partial charge in [-0.1, -0.05) is 32.0 Å². The van der Waals surface area contributed by atoms with Crippen LogP contribution in [-0.4, -0.2) is 19.2 Å². The van der Waals surface area contributed by atoms with Crippen molar-refractivity contribution in [3.8, 4) is 5.75 Å². The summed E-state index contributed by atoms with van der Waals surface area (Å²) >= 11 is 0. The molecule has 0 saturated heterocycles. The molecule has 16 heavy (non-hydrogen) atoms. The zero-order valence-corrected chi connectivity index (χ0v) is 10.2. The van der Waals surface area contributed by atoms with Crippen LogP contribution in [0.25, 0.3) is 0 Å². The molecule has 0 bridgehead atoms. The van der Waals surface area contributed by atoms with Crippen molar-refractivity contribution in [2.24, 2.45) is 5.92 Å². The van der Waals surface area contributed by atoms with E-state index in [4.69, 9.17) is 4.74 Å². The van der Waals surface area contributed by atoms with Crippen molar-refractivity contribution in [2.45, 2.75) is 32.8 Å². The fourth-order valence-corrected chi connectivity index (χ4v) is 2.31. The summed E-state index contributed by atoms with van der Waals surface area (Å²) in [5.41, 5.74) is 1.36. The summed E-state index contributed by atoms with van der Waals surface area (Å²) in [5.74, 6) is 1.77. The highest BCUT2D eigenvalue weighted by atomic mass is 16.5. The average molecular weight is 219 g/mol. The molecule has 2 atom stereocenters. The summed E-state index contributed by atoms with van der Waals surface area (Å²) < 4.78 is 5.93. The molecule has 2 heteroatoms. The summed E-state index contributed by atoms with van der Waals surface area (Å²) in [6, 6.07) is 8.38. The number of hydrogen-bond acceptors (Lipinski definition) is 2. The lowest BCUT2D eigenvalue weighted by molar-refractivity contribution is 0.197. The van der Waals surface area contributed by atoms with Crippen molar-refractivity contribution in [3.05, 3.63) is 29.8 Å². The molecule has 0 radical (unpaired) electrons. The van der Waals surface area contributed by atoms with Gasteiger partial charge in [-0.2, -0.15) is 0 Å². The Morgan fingerprint density at radius 1 is 1.44 bits per heavy atom. The predicted molar refractivity (Wildman–Crippen MR) is 66.9 cm³/mol. The molecule has 88 valence electrons. The third kappa shape index (κ3) is 2.76. The van der Waals surface area contributed by atoms with Crippen LogP contribution in [0, 0.1) is 5.92 Å². The number of rotatable bonds is 5. The first kappa shape index (κ1) is 11.5. The Labute approximate surface area is 98.0 Å². The van der Waals surface area contributed by atoms with Gasteiger partial charge in [0.15, 0.2) is 0 Å². The van der Waals surface area contributed by atoms with Crippen LogP contribution in [0.2, 0.25) is 0 Å². The molecular weight excluding hydrogens is 198 g/mol. The minimum atomic E-state index is 0.381. The monoisotopic (exact) mass is 219 g/mol. The van der Waals surface area contributed by atoms with E-state index in [0.717, 1.165) is 31.7 Å². The van der Waals surface area contributed by atoms with Gasteiger partial charge in [0.2, 0.25) is 0 Å². The summed E-state index contributed by atoms with van der Waals surface area (Å²) in [7, 11) is 0. The van der Waals surface area contributed by atoms with Crippen LogP contribution >= 0.6 is 0 Å². The van der Waals surface area contributed by atoms with Gasteiger partial charge in [0, 0.05) is 6.42 Å². The zero-order chi connectivity index (χ0) is 11.4. The van der Waals surface area contributed by atoms with Gasteiger partial charge in [0.1, 0.15) is 11.9 Å². The van der Waals surface area contributed by atoms with Crippen molar-refractivity contribution < 1.29 is 4.74 Å². The lowest BCUT2D eigenvalue weighted by atomic mass is 10.00. The minimum absolute atomic E-state index is 0.381. The molecule has 0 saturated carbocycles. The topological polar surface area (TPSA) is 21.3 Å². The predicted octanol–water partition coefficient (Wildman–Crippen LogP) is 2.63. The van der Waals surface area contributed by atoms with E-state index in [2.05, 4.69) is 37.4 Å². The van der Waals surface area contributed by atoms with E-state index in [1.807, 2.05) is 6.07 Å². The maximum atomic E-state index is 5.93. The average Bonchev–Trinajstić information content (AvgIpc) is 2.68. The molecular formula is C14H21NO. The maximum Gasteiger partial charge on any atom is 0.123 e. The second-order valence-corrected chi connectivity index (χ2v) is 4.70. The molecule has 1 N–H and O–H groups in total. The lowest BCUT2D eigenvalue weighted by Gasteiger charge is -2.16. The van der Waals surface area contributed by atoms with Gasteiger partial charge in [-0.25, -0.2) is 0 Å². The molecule has 2 nitrogen and oxygen atoms in total. The fourth-order valence-electron chi connectivity index (χ4n) is 2.31. The fraction of sp³-hybridized carbons (Fsp3) is 0.571. The highest BCUT2D eigenvalue weighted by Gasteiger charge is 2.23. The Kier molecular flexibility index (Phi) is 3.83. The van der Waals surface area contributed by atoms with Gasteiger partial charge in [-0.15, -0.1) is 0 Å². The number of benzene rings is 1. The molecule has 0 fully saturated rings. The molecule has 0 amide bonds. The van der Waals surface area contributed by atoms with Crippen LogP contribution in [-0.2, 0) is 6.42 Å². The first-order valence-corrected chi connectivity index (χ1v) is 6.25. The molecule has 2 unspecified atom stereocenters. The summed E-state index contributed by atoms with van der Waals surface area (Å²) in [6.45, 7) is 6.58. The molecule has 1 heterocycles. The minimum Gasteiger partial charge on any atom is -0.490 e. The number of nitrogens with one attached hydrogen (secondary N) is 1. The van der Waals surface area contributed by atoms with Crippen LogP contribution in [0.5, 0.6) is 5.75 Å². The Hall–Kier alpha value is -1.02. The van der Waals surface area contributed by atoms with Crippen LogP contribution in [0.4, 0.5) is 0 Å². The van der Waals surface area contributed by atoms with Crippen LogP contribution in [0.1, 0.15) is 25.8 Å². The van der Waals surface area contributed by atoms with E-state index in [0.29, 0.717) is 12.0 Å². The summed E-state index contributed by atoms with van der Waals surface area (Å²) in [6.07, 6.45) is 2.60. The van der Waals surface area contributed by atoms with E-state index < -0.39 is 0 Å². The second kappa shape index (κ2) is 5.35. The summed E-state index contributed by atoms with van der Waals surface area (Å²) in [4.78, 5) is 0. The van der Waals surface area contributed by atoms with E-state index >= 15 is 0 Å². The smallest absolute Gasteiger partial charge is 0.123 e. The standard InChI is InChI=1S/C14H21NO/c1-3-15-10-11(2)8-13-9-12-6-4-5-7-14(12)16-13/h4-7,11,13,15H,3,8-10H2,1-2H3. The van der Waals surface area contributed by atoms with E-state index in [9.17, 15) is 0 Å². The van der Waals surface area contributed by atoms with Crippen molar-refractivity contribution in [3.63, 3.8) is 0 Å². The number of fused-ring (bicyclic) bond motifs is 1. The Morgan fingerprint density at radius 3 is 3.00 bits per heavy atom. The molecule has 1 aromatic rings. The van der Waals surface area contributed by atoms with Crippen LogP contribution < -0.4 is 10.1 Å². The number of para-hydroxylation sites is 1. The molecule has 2 rings (SSSR count). The highest BCUT2D eigenvalue weighted by molar-refractivity contribution is 5.37. The second-order valence-electron chi connectivity index (χ2n) is 4.70. The third-order valence-corrected chi connectivity index (χ3v) is 3.12. The van der Waals surface area contributed by atoms with E-state index in [1.54, 1.807) is 0 Å². The van der Waals surface area contributed by atoms with Crippen molar-refractivity contribution in [2.75, 3.05) is 13.1 Å². The highest BCUT2D eigenvalue weighted by Crippen LogP contribution is 2.30. The first-order chi connectivity index (χ1) is 7.79. The molecule has 1 aliphatic rings. The Balaban J connectivity index is 1.82. The van der Waals surface area contributed by atoms with Gasteiger partial charge in [-0.3, -0.25) is 0 Å². The number of hydrogen-bond donors (Lipinski definition) is 1. The largest absolute Gasteiger partial charge is 0.490 e. The van der Waals surface area contributed by atoms with Gasteiger partial charge >= 0.3 is 0 Å². The van der Waals surface area contributed by atoms with E-state index in [-0.39, 0.29) is 0 Å².